The number of carbonyl (C=O) groups excluding carboxylic acids is 1. The largest absolute Gasteiger partial charge is 0.493 e. The van der Waals surface area contributed by atoms with Crippen LogP contribution >= 0.6 is 0 Å². The zero-order valence-corrected chi connectivity index (χ0v) is 13.9. The lowest BCUT2D eigenvalue weighted by atomic mass is 10.1. The molecular weight excluding hydrogens is 336 g/mol. The summed E-state index contributed by atoms with van der Waals surface area (Å²) in [5.74, 6) is -1.60. The van der Waals surface area contributed by atoms with Crippen molar-refractivity contribution in [1.82, 2.24) is 4.90 Å². The van der Waals surface area contributed by atoms with Gasteiger partial charge in [0.2, 0.25) is 0 Å². The molecule has 25 heavy (non-hydrogen) atoms. The highest BCUT2D eigenvalue weighted by atomic mass is 16.6. The van der Waals surface area contributed by atoms with Crippen LogP contribution in [-0.4, -0.2) is 66.3 Å². The van der Waals surface area contributed by atoms with Gasteiger partial charge < -0.3 is 24.2 Å². The summed E-state index contributed by atoms with van der Waals surface area (Å²) in [6.45, 7) is 1.54. The molecule has 1 fully saturated rings. The Labute approximate surface area is 143 Å². The number of nitrogens with zero attached hydrogens (tertiary/aromatic N) is 2. The summed E-state index contributed by atoms with van der Waals surface area (Å²) >= 11 is 0. The second-order valence-electron chi connectivity index (χ2n) is 5.47. The maximum absolute atomic E-state index is 12.8. The van der Waals surface area contributed by atoms with E-state index in [1.54, 1.807) is 6.92 Å². The van der Waals surface area contributed by atoms with Gasteiger partial charge in [0.1, 0.15) is 5.56 Å². The first-order valence-electron chi connectivity index (χ1n) is 7.36. The van der Waals surface area contributed by atoms with Gasteiger partial charge in [-0.2, -0.15) is 0 Å². The minimum Gasteiger partial charge on any atom is -0.493 e. The summed E-state index contributed by atoms with van der Waals surface area (Å²) in [5, 5.41) is 20.4. The van der Waals surface area contributed by atoms with Gasteiger partial charge in [-0.1, -0.05) is 0 Å². The molecule has 0 radical (unpaired) electrons. The normalized spacial score (nSPS) is 20.0. The van der Waals surface area contributed by atoms with Crippen LogP contribution in [0.4, 0.5) is 5.69 Å². The van der Waals surface area contributed by atoms with E-state index >= 15 is 0 Å². The number of nitro benzene ring substituents is 1. The number of rotatable bonds is 5. The predicted octanol–water partition coefficient (Wildman–Crippen LogP) is 0.926. The van der Waals surface area contributed by atoms with Crippen LogP contribution in [0.15, 0.2) is 12.1 Å². The van der Waals surface area contributed by atoms with Crippen LogP contribution in [0, 0.1) is 10.1 Å². The molecule has 1 aromatic rings. The summed E-state index contributed by atoms with van der Waals surface area (Å²) in [6, 6.07) is 2.32. The molecule has 1 amide bonds. The second-order valence-corrected chi connectivity index (χ2v) is 5.47. The fourth-order valence-corrected chi connectivity index (χ4v) is 2.61. The Hall–Kier alpha value is -2.88. The number of carbonyl (C=O) groups is 2. The highest BCUT2D eigenvalue weighted by molar-refractivity contribution is 5.99. The van der Waals surface area contributed by atoms with Gasteiger partial charge in [-0.25, -0.2) is 4.79 Å². The molecule has 1 aliphatic heterocycles. The SMILES string of the molecule is COc1cc(C(=O)N2CC(C(=O)O)O[C@H](C)C2)c([N+](=O)[O-])cc1OC. The van der Waals surface area contributed by atoms with Gasteiger partial charge in [-0.05, 0) is 6.92 Å². The number of benzene rings is 1. The number of ether oxygens (including phenoxy) is 3. The number of carboxylic acid groups (broad SMARTS) is 1. The number of carboxylic acids is 1. The van der Waals surface area contributed by atoms with E-state index in [9.17, 15) is 19.7 Å². The van der Waals surface area contributed by atoms with Crippen LogP contribution < -0.4 is 9.47 Å². The number of nitro groups is 1. The Kier molecular flexibility index (Phi) is 5.42. The topological polar surface area (TPSA) is 128 Å². The van der Waals surface area contributed by atoms with E-state index in [0.717, 1.165) is 6.07 Å². The van der Waals surface area contributed by atoms with Crippen molar-refractivity contribution in [2.24, 2.45) is 0 Å². The Bertz CT molecular complexity index is 705. The minimum absolute atomic E-state index is 0.115. The zero-order valence-electron chi connectivity index (χ0n) is 13.9. The van der Waals surface area contributed by atoms with Crippen molar-refractivity contribution in [2.45, 2.75) is 19.1 Å². The molecule has 2 rings (SSSR count). The summed E-state index contributed by atoms with van der Waals surface area (Å²) < 4.78 is 15.4. The molecule has 0 bridgehead atoms. The number of morpholine rings is 1. The second kappa shape index (κ2) is 7.34. The number of aliphatic carboxylic acids is 1. The summed E-state index contributed by atoms with van der Waals surface area (Å²) in [5.41, 5.74) is -0.658. The van der Waals surface area contributed by atoms with Crippen molar-refractivity contribution in [3.8, 4) is 11.5 Å². The number of hydrogen-bond donors (Lipinski definition) is 1. The predicted molar refractivity (Wildman–Crippen MR) is 84.1 cm³/mol. The van der Waals surface area contributed by atoms with E-state index in [0.29, 0.717) is 0 Å². The first-order valence-corrected chi connectivity index (χ1v) is 7.36. The minimum atomic E-state index is -1.20. The third kappa shape index (κ3) is 3.79. The average Bonchev–Trinajstić information content (AvgIpc) is 2.59. The van der Waals surface area contributed by atoms with Crippen LogP contribution in [0.2, 0.25) is 0 Å². The van der Waals surface area contributed by atoms with Gasteiger partial charge in [0.15, 0.2) is 17.6 Å². The van der Waals surface area contributed by atoms with Crippen molar-refractivity contribution < 1.29 is 33.8 Å². The molecule has 1 N–H and O–H groups in total. The van der Waals surface area contributed by atoms with Gasteiger partial charge in [0.05, 0.1) is 37.9 Å². The first-order chi connectivity index (χ1) is 11.8. The van der Waals surface area contributed by atoms with Gasteiger partial charge in [-0.15, -0.1) is 0 Å². The first kappa shape index (κ1) is 18.5. The van der Waals surface area contributed by atoms with E-state index in [1.807, 2.05) is 0 Å². The Balaban J connectivity index is 2.43. The van der Waals surface area contributed by atoms with Crippen molar-refractivity contribution in [1.29, 1.82) is 0 Å². The molecule has 0 aliphatic carbocycles. The third-order valence-corrected chi connectivity index (χ3v) is 3.75. The van der Waals surface area contributed by atoms with Crippen LogP contribution in [0.3, 0.4) is 0 Å². The third-order valence-electron chi connectivity index (χ3n) is 3.75. The highest BCUT2D eigenvalue weighted by Crippen LogP contribution is 2.35. The van der Waals surface area contributed by atoms with Gasteiger partial charge in [-0.3, -0.25) is 14.9 Å². The Morgan fingerprint density at radius 1 is 1.28 bits per heavy atom. The lowest BCUT2D eigenvalue weighted by Gasteiger charge is -2.34. The standard InChI is InChI=1S/C15H18N2O8/c1-8-6-16(7-13(25-8)15(19)20)14(18)9-4-11(23-2)12(24-3)5-10(9)17(21)22/h4-5,8,13H,6-7H2,1-3H3,(H,19,20)/t8-,13?/m1/s1. The zero-order chi connectivity index (χ0) is 18.7. The van der Waals surface area contributed by atoms with Gasteiger partial charge in [0, 0.05) is 12.6 Å². The van der Waals surface area contributed by atoms with Gasteiger partial charge in [0.25, 0.3) is 11.6 Å². The average molecular weight is 354 g/mol. The van der Waals surface area contributed by atoms with Crippen molar-refractivity contribution >= 4 is 17.6 Å². The molecule has 1 heterocycles. The van der Waals surface area contributed by atoms with E-state index in [1.165, 1.54) is 25.2 Å². The summed E-state index contributed by atoms with van der Waals surface area (Å²) in [7, 11) is 2.67. The van der Waals surface area contributed by atoms with Crippen molar-refractivity contribution in [3.05, 3.63) is 27.8 Å². The molecule has 1 unspecified atom stereocenters. The lowest BCUT2D eigenvalue weighted by molar-refractivity contribution is -0.385. The quantitative estimate of drug-likeness (QED) is 0.611. The van der Waals surface area contributed by atoms with E-state index in [2.05, 4.69) is 0 Å². The molecule has 1 aliphatic rings. The molecule has 10 nitrogen and oxygen atoms in total. The molecule has 0 spiro atoms. The van der Waals surface area contributed by atoms with Crippen LogP contribution in [0.1, 0.15) is 17.3 Å². The number of amides is 1. The number of methoxy groups -OCH3 is 2. The molecule has 0 saturated carbocycles. The smallest absolute Gasteiger partial charge is 0.334 e. The van der Waals surface area contributed by atoms with Gasteiger partial charge >= 0.3 is 5.97 Å². The molecule has 0 aromatic heterocycles. The molecular formula is C15H18N2O8. The Morgan fingerprint density at radius 2 is 1.88 bits per heavy atom. The number of hydrogen-bond acceptors (Lipinski definition) is 7. The fraction of sp³-hybridized carbons (Fsp3) is 0.467. The molecule has 10 heteroatoms. The van der Waals surface area contributed by atoms with E-state index < -0.39 is 34.7 Å². The molecule has 1 saturated heterocycles. The van der Waals surface area contributed by atoms with E-state index in [-0.39, 0.29) is 30.2 Å². The highest BCUT2D eigenvalue weighted by Gasteiger charge is 2.35. The maximum atomic E-state index is 12.8. The molecule has 136 valence electrons. The van der Waals surface area contributed by atoms with Crippen molar-refractivity contribution in [2.75, 3.05) is 27.3 Å². The van der Waals surface area contributed by atoms with Crippen molar-refractivity contribution in [3.63, 3.8) is 0 Å². The molecule has 1 aromatic carbocycles. The van der Waals surface area contributed by atoms with Crippen LogP contribution in [0.25, 0.3) is 0 Å². The molecule has 2 atom stereocenters. The monoisotopic (exact) mass is 354 g/mol. The fourth-order valence-electron chi connectivity index (χ4n) is 2.61. The summed E-state index contributed by atoms with van der Waals surface area (Å²) in [6.07, 6.45) is -1.70. The maximum Gasteiger partial charge on any atom is 0.334 e. The van der Waals surface area contributed by atoms with E-state index in [4.69, 9.17) is 19.3 Å². The lowest BCUT2D eigenvalue weighted by Crippen LogP contribution is -2.51. The Morgan fingerprint density at radius 3 is 2.40 bits per heavy atom. The summed E-state index contributed by atoms with van der Waals surface area (Å²) in [4.78, 5) is 35.8. The van der Waals surface area contributed by atoms with Crippen LogP contribution in [0.5, 0.6) is 11.5 Å². The van der Waals surface area contributed by atoms with Crippen LogP contribution in [-0.2, 0) is 9.53 Å².